The van der Waals surface area contributed by atoms with Crippen molar-refractivity contribution >= 4 is 5.91 Å². The van der Waals surface area contributed by atoms with Crippen LogP contribution in [0.25, 0.3) is 5.69 Å². The number of carbonyl (C=O) groups is 1. The standard InChI is InChI=1S/C18H22N4O/c23-18(21-11-8-15-4-5-16(13-21)20-15)12-14-2-6-17(7-3-14)22-10-1-9-19-22/h1-3,6-7,9-10,15-16,20H,4-5,8,11-13H2. The van der Waals surface area contributed by atoms with Crippen LogP contribution in [0.2, 0.25) is 0 Å². The first-order valence-electron chi connectivity index (χ1n) is 8.41. The van der Waals surface area contributed by atoms with Crippen LogP contribution in [0.15, 0.2) is 42.7 Å². The minimum Gasteiger partial charge on any atom is -0.341 e. The summed E-state index contributed by atoms with van der Waals surface area (Å²) in [6.07, 6.45) is 7.71. The van der Waals surface area contributed by atoms with Gasteiger partial charge in [0.25, 0.3) is 0 Å². The summed E-state index contributed by atoms with van der Waals surface area (Å²) in [5, 5.41) is 7.84. The number of benzene rings is 1. The molecule has 0 aliphatic carbocycles. The van der Waals surface area contributed by atoms with Gasteiger partial charge in [-0.25, -0.2) is 4.68 Å². The monoisotopic (exact) mass is 310 g/mol. The Hall–Kier alpha value is -2.14. The van der Waals surface area contributed by atoms with Crippen molar-refractivity contribution in [1.82, 2.24) is 20.0 Å². The average molecular weight is 310 g/mol. The van der Waals surface area contributed by atoms with E-state index in [-0.39, 0.29) is 5.91 Å². The molecule has 5 heteroatoms. The molecule has 5 nitrogen and oxygen atoms in total. The Labute approximate surface area is 136 Å². The topological polar surface area (TPSA) is 50.2 Å². The van der Waals surface area contributed by atoms with Crippen LogP contribution < -0.4 is 5.32 Å². The number of rotatable bonds is 3. The molecule has 2 fully saturated rings. The van der Waals surface area contributed by atoms with Crippen LogP contribution in [0.4, 0.5) is 0 Å². The Morgan fingerprint density at radius 1 is 1.17 bits per heavy atom. The first-order valence-corrected chi connectivity index (χ1v) is 8.41. The molecule has 0 saturated carbocycles. The molecule has 2 atom stereocenters. The zero-order chi connectivity index (χ0) is 15.6. The summed E-state index contributed by atoms with van der Waals surface area (Å²) in [4.78, 5) is 14.6. The molecule has 2 unspecified atom stereocenters. The quantitative estimate of drug-likeness (QED) is 0.940. The number of aromatic nitrogens is 2. The highest BCUT2D eigenvalue weighted by atomic mass is 16.2. The third-order valence-electron chi connectivity index (χ3n) is 4.94. The summed E-state index contributed by atoms with van der Waals surface area (Å²) in [7, 11) is 0. The number of hydrogen-bond donors (Lipinski definition) is 1. The van der Waals surface area contributed by atoms with Gasteiger partial charge in [0.1, 0.15) is 0 Å². The summed E-state index contributed by atoms with van der Waals surface area (Å²) < 4.78 is 1.82. The third kappa shape index (κ3) is 3.15. The van der Waals surface area contributed by atoms with E-state index < -0.39 is 0 Å². The van der Waals surface area contributed by atoms with E-state index in [4.69, 9.17) is 0 Å². The molecule has 0 spiro atoms. The van der Waals surface area contributed by atoms with Gasteiger partial charge < -0.3 is 10.2 Å². The van der Waals surface area contributed by atoms with Gasteiger partial charge >= 0.3 is 0 Å². The zero-order valence-electron chi connectivity index (χ0n) is 13.2. The van der Waals surface area contributed by atoms with Gasteiger partial charge in [-0.1, -0.05) is 12.1 Å². The lowest BCUT2D eigenvalue weighted by atomic mass is 10.1. The van der Waals surface area contributed by atoms with Gasteiger partial charge in [0, 0.05) is 37.6 Å². The van der Waals surface area contributed by atoms with Crippen LogP contribution in [0.5, 0.6) is 0 Å². The van der Waals surface area contributed by atoms with Crippen molar-refractivity contribution in [3.05, 3.63) is 48.3 Å². The fourth-order valence-electron chi connectivity index (χ4n) is 3.64. The maximum Gasteiger partial charge on any atom is 0.227 e. The zero-order valence-corrected chi connectivity index (χ0v) is 13.2. The lowest BCUT2D eigenvalue weighted by Gasteiger charge is -2.24. The van der Waals surface area contributed by atoms with Crippen LogP contribution in [0.3, 0.4) is 0 Å². The van der Waals surface area contributed by atoms with Crippen molar-refractivity contribution < 1.29 is 4.79 Å². The lowest BCUT2D eigenvalue weighted by Crippen LogP contribution is -2.39. The van der Waals surface area contributed by atoms with Gasteiger partial charge in [-0.15, -0.1) is 0 Å². The highest BCUT2D eigenvalue weighted by molar-refractivity contribution is 5.79. The Kier molecular flexibility index (Phi) is 3.87. The number of likely N-dealkylation sites (tertiary alicyclic amines) is 1. The summed E-state index contributed by atoms with van der Waals surface area (Å²) in [6, 6.07) is 11.1. The fourth-order valence-corrected chi connectivity index (χ4v) is 3.64. The van der Waals surface area contributed by atoms with Crippen molar-refractivity contribution in [3.8, 4) is 5.69 Å². The number of hydrogen-bond acceptors (Lipinski definition) is 3. The minimum atomic E-state index is 0.242. The predicted octanol–water partition coefficient (Wildman–Crippen LogP) is 1.77. The molecule has 23 heavy (non-hydrogen) atoms. The maximum absolute atomic E-state index is 12.6. The van der Waals surface area contributed by atoms with Gasteiger partial charge in [0.05, 0.1) is 12.1 Å². The predicted molar refractivity (Wildman–Crippen MR) is 88.4 cm³/mol. The molecule has 3 heterocycles. The molecule has 2 aliphatic rings. The number of nitrogens with one attached hydrogen (secondary N) is 1. The highest BCUT2D eigenvalue weighted by Gasteiger charge is 2.30. The number of amides is 1. The molecule has 1 aromatic heterocycles. The molecule has 4 rings (SSSR count). The molecular formula is C18H22N4O. The molecule has 2 aromatic rings. The average Bonchev–Trinajstić information content (AvgIpc) is 3.18. The van der Waals surface area contributed by atoms with Gasteiger partial charge in [0.2, 0.25) is 5.91 Å². The van der Waals surface area contributed by atoms with Crippen LogP contribution in [0, 0.1) is 0 Å². The summed E-state index contributed by atoms with van der Waals surface area (Å²) in [5.74, 6) is 0.242. The SMILES string of the molecule is O=C(Cc1ccc(-n2cccn2)cc1)N1CCC2CCC(C1)N2. The molecule has 120 valence electrons. The number of carbonyl (C=O) groups excluding carboxylic acids is 1. The van der Waals surface area contributed by atoms with E-state index in [1.165, 1.54) is 12.8 Å². The lowest BCUT2D eigenvalue weighted by molar-refractivity contribution is -0.130. The Morgan fingerprint density at radius 2 is 2.00 bits per heavy atom. The smallest absolute Gasteiger partial charge is 0.227 e. The van der Waals surface area contributed by atoms with E-state index >= 15 is 0 Å². The van der Waals surface area contributed by atoms with E-state index in [0.717, 1.165) is 30.8 Å². The molecule has 0 radical (unpaired) electrons. The van der Waals surface area contributed by atoms with E-state index in [0.29, 0.717) is 18.5 Å². The van der Waals surface area contributed by atoms with Crippen molar-refractivity contribution in [2.45, 2.75) is 37.8 Å². The van der Waals surface area contributed by atoms with Crippen LogP contribution in [0.1, 0.15) is 24.8 Å². The van der Waals surface area contributed by atoms with Gasteiger partial charge in [-0.2, -0.15) is 5.10 Å². The molecule has 1 amide bonds. The van der Waals surface area contributed by atoms with E-state index in [9.17, 15) is 4.79 Å². The Morgan fingerprint density at radius 3 is 2.78 bits per heavy atom. The first-order chi connectivity index (χ1) is 11.3. The number of fused-ring (bicyclic) bond motifs is 2. The summed E-state index contributed by atoms with van der Waals surface area (Å²) in [6.45, 7) is 1.75. The number of nitrogens with zero attached hydrogens (tertiary/aromatic N) is 3. The van der Waals surface area contributed by atoms with Gasteiger partial charge in [-0.05, 0) is 43.0 Å². The normalized spacial score (nSPS) is 23.7. The second kappa shape index (κ2) is 6.16. The van der Waals surface area contributed by atoms with Crippen molar-refractivity contribution in [1.29, 1.82) is 0 Å². The van der Waals surface area contributed by atoms with Gasteiger partial charge in [0.15, 0.2) is 0 Å². The third-order valence-corrected chi connectivity index (χ3v) is 4.94. The molecule has 1 N–H and O–H groups in total. The van der Waals surface area contributed by atoms with Crippen molar-refractivity contribution in [2.24, 2.45) is 0 Å². The largest absolute Gasteiger partial charge is 0.341 e. The van der Waals surface area contributed by atoms with Crippen LogP contribution in [-0.4, -0.2) is 45.8 Å². The molecule has 2 bridgehead atoms. The van der Waals surface area contributed by atoms with E-state index in [1.54, 1.807) is 6.20 Å². The molecule has 2 saturated heterocycles. The minimum absolute atomic E-state index is 0.242. The van der Waals surface area contributed by atoms with Crippen molar-refractivity contribution in [3.63, 3.8) is 0 Å². The summed E-state index contributed by atoms with van der Waals surface area (Å²) in [5.41, 5.74) is 2.08. The molecular weight excluding hydrogens is 288 g/mol. The van der Waals surface area contributed by atoms with E-state index in [1.807, 2.05) is 46.1 Å². The summed E-state index contributed by atoms with van der Waals surface area (Å²) >= 11 is 0. The van der Waals surface area contributed by atoms with Crippen LogP contribution >= 0.6 is 0 Å². The second-order valence-corrected chi connectivity index (χ2v) is 6.56. The van der Waals surface area contributed by atoms with E-state index in [2.05, 4.69) is 10.4 Å². The maximum atomic E-state index is 12.6. The van der Waals surface area contributed by atoms with Crippen molar-refractivity contribution in [2.75, 3.05) is 13.1 Å². The Balaban J connectivity index is 1.40. The Bertz CT molecular complexity index is 665. The highest BCUT2D eigenvalue weighted by Crippen LogP contribution is 2.21. The molecule has 1 aromatic carbocycles. The first kappa shape index (κ1) is 14.5. The van der Waals surface area contributed by atoms with Crippen LogP contribution in [-0.2, 0) is 11.2 Å². The second-order valence-electron chi connectivity index (χ2n) is 6.56. The molecule has 2 aliphatic heterocycles. The fraction of sp³-hybridized carbons (Fsp3) is 0.444. The van der Waals surface area contributed by atoms with Gasteiger partial charge in [-0.3, -0.25) is 4.79 Å².